The molecule has 0 N–H and O–H groups in total. The number of ether oxygens (including phenoxy) is 1. The number of benzene rings is 1. The first-order valence-electron chi connectivity index (χ1n) is 7.56. The molecule has 2 aliphatic heterocycles. The number of anilines is 1. The number of hydrogen-bond donors (Lipinski definition) is 0. The van der Waals surface area contributed by atoms with Gasteiger partial charge in [-0.3, -0.25) is 4.79 Å². The summed E-state index contributed by atoms with van der Waals surface area (Å²) in [5, 5.41) is 0. The Balaban J connectivity index is 1.70. The fraction of sp³-hybridized carbons (Fsp3) is 0.562. The molecule has 1 saturated heterocycles. The Morgan fingerprint density at radius 1 is 1.25 bits per heavy atom. The van der Waals surface area contributed by atoms with Crippen LogP contribution in [-0.4, -0.2) is 43.1 Å². The third kappa shape index (κ3) is 2.60. The van der Waals surface area contributed by atoms with Crippen LogP contribution in [0.2, 0.25) is 0 Å². The molecule has 0 aliphatic carbocycles. The molecule has 2 aliphatic rings. The predicted molar refractivity (Wildman–Crippen MR) is 79.2 cm³/mol. The van der Waals surface area contributed by atoms with Gasteiger partial charge in [0, 0.05) is 26.1 Å². The molecule has 0 radical (unpaired) electrons. The third-order valence-electron chi connectivity index (χ3n) is 4.19. The van der Waals surface area contributed by atoms with Gasteiger partial charge in [-0.2, -0.15) is 0 Å². The van der Waals surface area contributed by atoms with E-state index in [1.54, 1.807) is 0 Å². The van der Waals surface area contributed by atoms with E-state index in [9.17, 15) is 4.79 Å². The average molecular weight is 274 g/mol. The van der Waals surface area contributed by atoms with Gasteiger partial charge in [0.15, 0.2) is 0 Å². The molecule has 0 aromatic heterocycles. The van der Waals surface area contributed by atoms with Crippen molar-refractivity contribution in [1.82, 2.24) is 4.90 Å². The monoisotopic (exact) mass is 274 g/mol. The quantitative estimate of drug-likeness (QED) is 0.844. The van der Waals surface area contributed by atoms with Gasteiger partial charge in [0.05, 0.1) is 12.2 Å². The van der Waals surface area contributed by atoms with E-state index in [4.69, 9.17) is 4.74 Å². The minimum absolute atomic E-state index is 0.249. The molecule has 1 atom stereocenters. The molecule has 1 amide bonds. The molecular weight excluding hydrogens is 252 g/mol. The van der Waals surface area contributed by atoms with Gasteiger partial charge in [-0.1, -0.05) is 19.1 Å². The Labute approximate surface area is 120 Å². The van der Waals surface area contributed by atoms with Crippen LogP contribution in [0.1, 0.15) is 26.2 Å². The predicted octanol–water partition coefficient (Wildman–Crippen LogP) is 2.29. The summed E-state index contributed by atoms with van der Waals surface area (Å²) >= 11 is 0. The summed E-state index contributed by atoms with van der Waals surface area (Å²) in [6.07, 6.45) is 2.99. The van der Waals surface area contributed by atoms with Crippen LogP contribution in [0, 0.1) is 0 Å². The normalized spacial score (nSPS) is 21.9. The molecule has 1 aromatic rings. The molecular formula is C16H22N2O2. The van der Waals surface area contributed by atoms with Crippen molar-refractivity contribution in [2.45, 2.75) is 32.3 Å². The van der Waals surface area contributed by atoms with Crippen molar-refractivity contribution in [2.24, 2.45) is 0 Å². The van der Waals surface area contributed by atoms with Crippen molar-refractivity contribution in [1.29, 1.82) is 0 Å². The van der Waals surface area contributed by atoms with E-state index in [1.807, 2.05) is 23.1 Å². The van der Waals surface area contributed by atoms with Crippen LogP contribution in [0.25, 0.3) is 0 Å². The summed E-state index contributed by atoms with van der Waals surface area (Å²) in [4.78, 5) is 16.0. The average Bonchev–Trinajstić information content (AvgIpc) is 2.89. The molecule has 0 spiro atoms. The van der Waals surface area contributed by atoms with Crippen molar-refractivity contribution in [3.8, 4) is 5.75 Å². The molecule has 4 nitrogen and oxygen atoms in total. The second kappa shape index (κ2) is 5.73. The smallest absolute Gasteiger partial charge is 0.222 e. The zero-order chi connectivity index (χ0) is 13.9. The summed E-state index contributed by atoms with van der Waals surface area (Å²) in [5.41, 5.74) is 1.16. The third-order valence-corrected chi connectivity index (χ3v) is 4.19. The maximum Gasteiger partial charge on any atom is 0.222 e. The lowest BCUT2D eigenvalue weighted by molar-refractivity contribution is -0.127. The van der Waals surface area contributed by atoms with Crippen LogP contribution >= 0.6 is 0 Å². The highest BCUT2D eigenvalue weighted by Crippen LogP contribution is 2.33. The van der Waals surface area contributed by atoms with Gasteiger partial charge in [0.25, 0.3) is 0 Å². The van der Waals surface area contributed by atoms with E-state index in [-0.39, 0.29) is 6.10 Å². The summed E-state index contributed by atoms with van der Waals surface area (Å²) < 4.78 is 5.98. The molecule has 20 heavy (non-hydrogen) atoms. The van der Waals surface area contributed by atoms with Crippen molar-refractivity contribution in [2.75, 3.05) is 31.1 Å². The second-order valence-corrected chi connectivity index (χ2v) is 5.55. The van der Waals surface area contributed by atoms with Crippen molar-refractivity contribution < 1.29 is 9.53 Å². The van der Waals surface area contributed by atoms with Crippen LogP contribution in [-0.2, 0) is 4.79 Å². The van der Waals surface area contributed by atoms with Gasteiger partial charge >= 0.3 is 0 Å². The number of fused-ring (bicyclic) bond motifs is 1. The lowest BCUT2D eigenvalue weighted by atomic mass is 10.1. The first-order valence-corrected chi connectivity index (χ1v) is 7.56. The number of likely N-dealkylation sites (tertiary alicyclic amines) is 1. The topological polar surface area (TPSA) is 32.8 Å². The maximum atomic E-state index is 11.7. The molecule has 1 aromatic carbocycles. The number of carbonyl (C=O) groups is 1. The van der Waals surface area contributed by atoms with Gasteiger partial charge in [-0.05, 0) is 25.0 Å². The van der Waals surface area contributed by atoms with Gasteiger partial charge in [-0.25, -0.2) is 0 Å². The SMILES string of the molecule is CC[C@H]1CN(CCN2CCCC2=O)c2ccccc2O1. The minimum atomic E-state index is 0.249. The number of nitrogens with zero attached hydrogens (tertiary/aromatic N) is 2. The highest BCUT2D eigenvalue weighted by molar-refractivity contribution is 5.78. The second-order valence-electron chi connectivity index (χ2n) is 5.55. The van der Waals surface area contributed by atoms with E-state index >= 15 is 0 Å². The number of rotatable bonds is 4. The van der Waals surface area contributed by atoms with E-state index < -0.39 is 0 Å². The van der Waals surface area contributed by atoms with E-state index in [0.29, 0.717) is 5.91 Å². The van der Waals surface area contributed by atoms with Crippen LogP contribution in [0.4, 0.5) is 5.69 Å². The molecule has 0 saturated carbocycles. The Morgan fingerprint density at radius 2 is 2.05 bits per heavy atom. The van der Waals surface area contributed by atoms with Crippen LogP contribution in [0.15, 0.2) is 24.3 Å². The minimum Gasteiger partial charge on any atom is -0.486 e. The number of carbonyl (C=O) groups excluding carboxylic acids is 1. The molecule has 0 bridgehead atoms. The van der Waals surface area contributed by atoms with Gasteiger partial charge in [0.2, 0.25) is 5.91 Å². The van der Waals surface area contributed by atoms with Gasteiger partial charge < -0.3 is 14.5 Å². The number of hydrogen-bond acceptors (Lipinski definition) is 3. The standard InChI is InChI=1S/C16H22N2O2/c1-2-13-12-18(11-10-17-9-5-8-16(17)19)14-6-3-4-7-15(14)20-13/h3-4,6-7,13H,2,5,8-12H2,1H3/t13-/m0/s1. The van der Waals surface area contributed by atoms with E-state index in [1.165, 1.54) is 0 Å². The van der Waals surface area contributed by atoms with Crippen molar-refractivity contribution in [3.63, 3.8) is 0 Å². The Bertz CT molecular complexity index is 489. The fourth-order valence-corrected chi connectivity index (χ4v) is 2.99. The van der Waals surface area contributed by atoms with Crippen LogP contribution in [0.3, 0.4) is 0 Å². The van der Waals surface area contributed by atoms with Crippen molar-refractivity contribution in [3.05, 3.63) is 24.3 Å². The Kier molecular flexibility index (Phi) is 3.81. The lowest BCUT2D eigenvalue weighted by Gasteiger charge is -2.36. The van der Waals surface area contributed by atoms with Crippen molar-refractivity contribution >= 4 is 11.6 Å². The molecule has 4 heteroatoms. The molecule has 108 valence electrons. The van der Waals surface area contributed by atoms with Crippen LogP contribution in [0.5, 0.6) is 5.75 Å². The summed E-state index contributed by atoms with van der Waals surface area (Å²) in [7, 11) is 0. The maximum absolute atomic E-state index is 11.7. The zero-order valence-corrected chi connectivity index (χ0v) is 12.0. The summed E-state index contributed by atoms with van der Waals surface area (Å²) in [6.45, 7) is 5.70. The van der Waals surface area contributed by atoms with Crippen LogP contribution < -0.4 is 9.64 Å². The molecule has 0 unspecified atom stereocenters. The lowest BCUT2D eigenvalue weighted by Crippen LogP contribution is -2.43. The van der Waals surface area contributed by atoms with Gasteiger partial charge in [0.1, 0.15) is 11.9 Å². The number of amides is 1. The highest BCUT2D eigenvalue weighted by atomic mass is 16.5. The van der Waals surface area contributed by atoms with Gasteiger partial charge in [-0.15, -0.1) is 0 Å². The molecule has 2 heterocycles. The first-order chi connectivity index (χ1) is 9.78. The summed E-state index contributed by atoms with van der Waals surface area (Å²) in [6, 6.07) is 8.19. The van der Waals surface area contributed by atoms with E-state index in [0.717, 1.165) is 56.9 Å². The largest absolute Gasteiger partial charge is 0.486 e. The summed E-state index contributed by atoms with van der Waals surface area (Å²) in [5.74, 6) is 1.27. The highest BCUT2D eigenvalue weighted by Gasteiger charge is 2.26. The number of para-hydroxylation sites is 2. The Hall–Kier alpha value is -1.71. The fourth-order valence-electron chi connectivity index (χ4n) is 2.99. The zero-order valence-electron chi connectivity index (χ0n) is 12.0. The molecule has 3 rings (SSSR count). The first kappa shape index (κ1) is 13.3. The Morgan fingerprint density at radius 3 is 2.80 bits per heavy atom. The van der Waals surface area contributed by atoms with E-state index in [2.05, 4.69) is 17.9 Å². The molecule has 1 fully saturated rings.